The Morgan fingerprint density at radius 1 is 1.36 bits per heavy atom. The van der Waals surface area contributed by atoms with Crippen molar-refractivity contribution in [1.29, 1.82) is 0 Å². The van der Waals surface area contributed by atoms with E-state index >= 15 is 0 Å². The first-order valence-corrected chi connectivity index (χ1v) is 8.12. The highest BCUT2D eigenvalue weighted by atomic mass is 32.2. The van der Waals surface area contributed by atoms with Gasteiger partial charge in [-0.15, -0.1) is 11.8 Å². The van der Waals surface area contributed by atoms with Gasteiger partial charge in [-0.05, 0) is 11.6 Å². The van der Waals surface area contributed by atoms with Crippen LogP contribution in [0.5, 0.6) is 0 Å². The molecule has 0 aromatic heterocycles. The lowest BCUT2D eigenvalue weighted by Gasteiger charge is -2.27. The standard InChI is InChI=1S/C15H19F3N2OS/c1-14(2,8-19-13(21)12-7-22-9-20-12)10-4-3-5-11(6-10)15(16,17)18/h3-6,12,20H,7-9H2,1-2H3,(H,19,21). The van der Waals surface area contributed by atoms with Gasteiger partial charge >= 0.3 is 6.18 Å². The average Bonchev–Trinajstić information content (AvgIpc) is 2.98. The Balaban J connectivity index is 2.04. The Kier molecular flexibility index (Phi) is 5.07. The van der Waals surface area contributed by atoms with Crippen LogP contribution in [0.1, 0.15) is 25.0 Å². The number of nitrogens with one attached hydrogen (secondary N) is 2. The minimum atomic E-state index is -4.36. The van der Waals surface area contributed by atoms with E-state index in [0.717, 1.165) is 23.8 Å². The van der Waals surface area contributed by atoms with Crippen molar-refractivity contribution in [2.45, 2.75) is 31.5 Å². The lowest BCUT2D eigenvalue weighted by atomic mass is 9.83. The quantitative estimate of drug-likeness (QED) is 0.891. The van der Waals surface area contributed by atoms with E-state index in [1.165, 1.54) is 6.07 Å². The van der Waals surface area contributed by atoms with Crippen LogP contribution in [0.3, 0.4) is 0 Å². The summed E-state index contributed by atoms with van der Waals surface area (Å²) in [6.45, 7) is 3.93. The van der Waals surface area contributed by atoms with Gasteiger partial charge in [0, 0.05) is 23.6 Å². The van der Waals surface area contributed by atoms with E-state index in [2.05, 4.69) is 10.6 Å². The number of amides is 1. The molecule has 22 heavy (non-hydrogen) atoms. The molecule has 3 nitrogen and oxygen atoms in total. The second-order valence-electron chi connectivity index (χ2n) is 5.95. The molecule has 1 heterocycles. The molecule has 2 N–H and O–H groups in total. The second kappa shape index (κ2) is 6.50. The zero-order valence-electron chi connectivity index (χ0n) is 12.5. The molecule has 0 spiro atoms. The number of hydrogen-bond acceptors (Lipinski definition) is 3. The van der Waals surface area contributed by atoms with Gasteiger partial charge in [-0.1, -0.05) is 32.0 Å². The predicted molar refractivity (Wildman–Crippen MR) is 81.7 cm³/mol. The molecule has 122 valence electrons. The molecule has 1 aromatic carbocycles. The van der Waals surface area contributed by atoms with Crippen LogP contribution in [0.4, 0.5) is 13.2 Å². The smallest absolute Gasteiger partial charge is 0.354 e. The van der Waals surface area contributed by atoms with Gasteiger partial charge in [-0.3, -0.25) is 10.1 Å². The molecule has 1 amide bonds. The Morgan fingerprint density at radius 2 is 2.05 bits per heavy atom. The third kappa shape index (κ3) is 4.16. The first-order valence-electron chi connectivity index (χ1n) is 6.97. The second-order valence-corrected chi connectivity index (χ2v) is 6.98. The monoisotopic (exact) mass is 332 g/mol. The fourth-order valence-electron chi connectivity index (χ4n) is 2.21. The van der Waals surface area contributed by atoms with Crippen molar-refractivity contribution in [2.24, 2.45) is 0 Å². The summed E-state index contributed by atoms with van der Waals surface area (Å²) in [5.41, 5.74) is -0.697. The average molecular weight is 332 g/mol. The first-order chi connectivity index (χ1) is 10.2. The van der Waals surface area contributed by atoms with Crippen LogP contribution in [0, 0.1) is 0 Å². The maximum atomic E-state index is 12.8. The third-order valence-electron chi connectivity index (χ3n) is 3.71. The van der Waals surface area contributed by atoms with Crippen LogP contribution in [0.25, 0.3) is 0 Å². The fourth-order valence-corrected chi connectivity index (χ4v) is 3.16. The minimum Gasteiger partial charge on any atom is -0.354 e. The molecule has 1 atom stereocenters. The number of hydrogen-bond donors (Lipinski definition) is 2. The van der Waals surface area contributed by atoms with Crippen LogP contribution in [-0.4, -0.2) is 30.1 Å². The van der Waals surface area contributed by atoms with Crippen molar-refractivity contribution >= 4 is 17.7 Å². The highest BCUT2D eigenvalue weighted by Gasteiger charge is 2.32. The van der Waals surface area contributed by atoms with Crippen molar-refractivity contribution in [3.63, 3.8) is 0 Å². The van der Waals surface area contributed by atoms with E-state index in [-0.39, 0.29) is 18.5 Å². The zero-order valence-corrected chi connectivity index (χ0v) is 13.3. The van der Waals surface area contributed by atoms with Gasteiger partial charge in [0.25, 0.3) is 0 Å². The highest BCUT2D eigenvalue weighted by molar-refractivity contribution is 7.99. The summed E-state index contributed by atoms with van der Waals surface area (Å²) in [6.07, 6.45) is -4.36. The van der Waals surface area contributed by atoms with Crippen LogP contribution in [-0.2, 0) is 16.4 Å². The van der Waals surface area contributed by atoms with Crippen LogP contribution >= 0.6 is 11.8 Å². The van der Waals surface area contributed by atoms with Crippen LogP contribution in [0.2, 0.25) is 0 Å². The predicted octanol–water partition coefficient (Wildman–Crippen LogP) is 2.76. The van der Waals surface area contributed by atoms with Gasteiger partial charge in [0.15, 0.2) is 0 Å². The lowest BCUT2D eigenvalue weighted by Crippen LogP contribution is -2.46. The molecule has 0 bridgehead atoms. The highest BCUT2D eigenvalue weighted by Crippen LogP contribution is 2.32. The van der Waals surface area contributed by atoms with Gasteiger partial charge in [0.1, 0.15) is 0 Å². The molecule has 0 aliphatic carbocycles. The molecule has 1 aromatic rings. The minimum absolute atomic E-state index is 0.106. The van der Waals surface area contributed by atoms with Crippen LogP contribution < -0.4 is 10.6 Å². The summed E-state index contributed by atoms with van der Waals surface area (Å²) in [4.78, 5) is 12.0. The molecule has 0 radical (unpaired) electrons. The molecule has 7 heteroatoms. The summed E-state index contributed by atoms with van der Waals surface area (Å²) in [5.74, 6) is 1.36. The SMILES string of the molecule is CC(C)(CNC(=O)C1CSCN1)c1cccc(C(F)(F)F)c1. The maximum absolute atomic E-state index is 12.8. The van der Waals surface area contributed by atoms with Gasteiger partial charge in [-0.2, -0.15) is 13.2 Å². The normalized spacial score (nSPS) is 19.2. The Hall–Kier alpha value is -1.21. The number of carbonyl (C=O) groups excluding carboxylic acids is 1. The van der Waals surface area contributed by atoms with Crippen molar-refractivity contribution in [2.75, 3.05) is 18.2 Å². The summed E-state index contributed by atoms with van der Waals surface area (Å²) in [6, 6.07) is 5.04. The van der Waals surface area contributed by atoms with E-state index in [9.17, 15) is 18.0 Å². The summed E-state index contributed by atoms with van der Waals surface area (Å²) < 4.78 is 38.4. The first kappa shape index (κ1) is 17.1. The molecular weight excluding hydrogens is 313 g/mol. The summed E-state index contributed by atoms with van der Waals surface area (Å²) in [5, 5.41) is 5.89. The number of carbonyl (C=O) groups is 1. The zero-order chi connectivity index (χ0) is 16.4. The lowest BCUT2D eigenvalue weighted by molar-refractivity contribution is -0.137. The van der Waals surface area contributed by atoms with E-state index in [1.54, 1.807) is 17.8 Å². The molecule has 1 aliphatic rings. The number of alkyl halides is 3. The van der Waals surface area contributed by atoms with Gasteiger partial charge in [-0.25, -0.2) is 0 Å². The molecular formula is C15H19F3N2OS. The van der Waals surface area contributed by atoms with E-state index in [0.29, 0.717) is 5.56 Å². The Morgan fingerprint density at radius 3 is 2.64 bits per heavy atom. The van der Waals surface area contributed by atoms with Crippen molar-refractivity contribution in [3.05, 3.63) is 35.4 Å². The Bertz CT molecular complexity index is 540. The summed E-state index contributed by atoms with van der Waals surface area (Å²) in [7, 11) is 0. The third-order valence-corrected chi connectivity index (χ3v) is 4.65. The largest absolute Gasteiger partial charge is 0.416 e. The molecule has 1 saturated heterocycles. The number of rotatable bonds is 4. The molecule has 1 unspecified atom stereocenters. The van der Waals surface area contributed by atoms with Gasteiger partial charge in [0.2, 0.25) is 5.91 Å². The van der Waals surface area contributed by atoms with Crippen molar-refractivity contribution < 1.29 is 18.0 Å². The van der Waals surface area contributed by atoms with E-state index in [1.807, 2.05) is 13.8 Å². The maximum Gasteiger partial charge on any atom is 0.416 e. The van der Waals surface area contributed by atoms with E-state index in [4.69, 9.17) is 0 Å². The van der Waals surface area contributed by atoms with Crippen molar-refractivity contribution in [1.82, 2.24) is 10.6 Å². The molecule has 2 rings (SSSR count). The fraction of sp³-hybridized carbons (Fsp3) is 0.533. The van der Waals surface area contributed by atoms with Gasteiger partial charge in [0.05, 0.1) is 11.6 Å². The van der Waals surface area contributed by atoms with Crippen LogP contribution in [0.15, 0.2) is 24.3 Å². The van der Waals surface area contributed by atoms with E-state index < -0.39 is 17.2 Å². The summed E-state index contributed by atoms with van der Waals surface area (Å²) >= 11 is 1.65. The molecule has 1 fully saturated rings. The van der Waals surface area contributed by atoms with Crippen molar-refractivity contribution in [3.8, 4) is 0 Å². The number of thioether (sulfide) groups is 1. The van der Waals surface area contributed by atoms with Gasteiger partial charge < -0.3 is 5.32 Å². The number of halogens is 3. The topological polar surface area (TPSA) is 41.1 Å². The number of benzene rings is 1. The molecule has 1 aliphatic heterocycles. The molecule has 0 saturated carbocycles. The Labute approximate surface area is 132 Å².